The number of ether oxygens (including phenoxy) is 2. The molecule has 276 valence electrons. The number of nitrogens with two attached hydrogens (primary N) is 1. The summed E-state index contributed by atoms with van der Waals surface area (Å²) in [5.74, 6) is -4.11. The minimum absolute atomic E-state index is 0.00313. The molecule has 0 bridgehead atoms. The van der Waals surface area contributed by atoms with Crippen LogP contribution in [0.2, 0.25) is 0 Å². The van der Waals surface area contributed by atoms with Crippen LogP contribution in [-0.4, -0.2) is 63.0 Å². The van der Waals surface area contributed by atoms with Crippen molar-refractivity contribution in [3.8, 4) is 11.5 Å². The van der Waals surface area contributed by atoms with Gasteiger partial charge in [0.15, 0.2) is 11.6 Å². The van der Waals surface area contributed by atoms with Crippen molar-refractivity contribution in [1.82, 2.24) is 9.97 Å². The molecule has 0 radical (unpaired) electrons. The number of H-pyrrole nitrogens is 1. The summed E-state index contributed by atoms with van der Waals surface area (Å²) in [4.78, 5) is 27.9. The van der Waals surface area contributed by atoms with Gasteiger partial charge in [-0.15, -0.1) is 0 Å². The van der Waals surface area contributed by atoms with E-state index in [4.69, 9.17) is 45.4 Å². The van der Waals surface area contributed by atoms with Crippen molar-refractivity contribution in [2.75, 3.05) is 11.5 Å². The Balaban J connectivity index is 0.000000521. The summed E-state index contributed by atoms with van der Waals surface area (Å²) in [6.07, 6.45) is -2.41. The molecule has 3 aromatic rings. The summed E-state index contributed by atoms with van der Waals surface area (Å²) in [7, 11) is 0. The van der Waals surface area contributed by atoms with Crippen molar-refractivity contribution >= 4 is 29.4 Å². The lowest BCUT2D eigenvalue weighted by Gasteiger charge is -2.25. The number of anilines is 2. The van der Waals surface area contributed by atoms with Crippen LogP contribution in [0.4, 0.5) is 42.4 Å². The highest BCUT2D eigenvalue weighted by Crippen LogP contribution is 2.35. The van der Waals surface area contributed by atoms with E-state index in [1.54, 1.807) is 24.3 Å². The van der Waals surface area contributed by atoms with Gasteiger partial charge in [-0.2, -0.15) is 26.3 Å². The summed E-state index contributed by atoms with van der Waals surface area (Å²) in [5, 5.41) is 22.0. The number of hydrogen-bond donors (Lipinski definition) is 5. The lowest BCUT2D eigenvalue weighted by atomic mass is 9.87. The van der Waals surface area contributed by atoms with E-state index in [9.17, 15) is 26.3 Å². The molecule has 0 spiro atoms. The predicted molar refractivity (Wildman–Crippen MR) is 168 cm³/mol. The van der Waals surface area contributed by atoms with Gasteiger partial charge in [-0.3, -0.25) is 5.41 Å². The predicted octanol–water partition coefficient (Wildman–Crippen LogP) is 7.67. The number of halogens is 7. The Morgan fingerprint density at radius 2 is 1.56 bits per heavy atom. The number of carbonyl (C=O) groups is 2. The highest BCUT2D eigenvalue weighted by atomic mass is 19.4. The van der Waals surface area contributed by atoms with Gasteiger partial charge in [0.2, 0.25) is 5.95 Å². The van der Waals surface area contributed by atoms with Gasteiger partial charge in [0.1, 0.15) is 11.6 Å². The average molecular weight is 722 g/mol. The Labute approximate surface area is 282 Å². The highest BCUT2D eigenvalue weighted by molar-refractivity contribution is 5.95. The van der Waals surface area contributed by atoms with E-state index in [0.29, 0.717) is 35.3 Å². The molecule has 0 saturated heterocycles. The largest absolute Gasteiger partial charge is 0.494 e. The molecular formula is C32H38F7N5O6. The first kappa shape index (κ1) is 41.1. The number of nitrogen functional groups attached to an aromatic ring is 1. The number of aliphatic carboxylic acids is 2. The monoisotopic (exact) mass is 721 g/mol. The second-order valence-electron chi connectivity index (χ2n) is 11.1. The minimum atomic E-state index is -5.08. The van der Waals surface area contributed by atoms with Crippen LogP contribution in [0.15, 0.2) is 42.6 Å². The summed E-state index contributed by atoms with van der Waals surface area (Å²) in [6, 6.07) is 10.6. The van der Waals surface area contributed by atoms with E-state index in [2.05, 4.69) is 4.98 Å². The van der Waals surface area contributed by atoms with Gasteiger partial charge >= 0.3 is 24.3 Å². The number of benzene rings is 2. The van der Waals surface area contributed by atoms with Gasteiger partial charge in [-0.1, -0.05) is 19.3 Å². The van der Waals surface area contributed by atoms with Crippen molar-refractivity contribution in [1.29, 1.82) is 5.41 Å². The lowest BCUT2D eigenvalue weighted by Crippen LogP contribution is -2.21. The molecule has 1 fully saturated rings. The number of carboxylic acids is 2. The summed E-state index contributed by atoms with van der Waals surface area (Å²) in [5.41, 5.74) is 8.63. The maximum Gasteiger partial charge on any atom is 0.490 e. The van der Waals surface area contributed by atoms with Gasteiger partial charge in [-0.05, 0) is 63.9 Å². The van der Waals surface area contributed by atoms with Gasteiger partial charge in [-0.25, -0.2) is 19.0 Å². The molecule has 1 aliphatic carbocycles. The molecule has 11 nitrogen and oxygen atoms in total. The summed E-state index contributed by atoms with van der Waals surface area (Å²) in [6.45, 7) is 6.30. The number of amidine groups is 1. The third-order valence-electron chi connectivity index (χ3n) is 6.95. The van der Waals surface area contributed by atoms with Gasteiger partial charge in [0.25, 0.3) is 0 Å². The summed E-state index contributed by atoms with van der Waals surface area (Å²) >= 11 is 0. The van der Waals surface area contributed by atoms with E-state index < -0.39 is 30.1 Å². The number of hydrogen-bond acceptors (Lipinski definition) is 7. The molecule has 50 heavy (non-hydrogen) atoms. The minimum Gasteiger partial charge on any atom is -0.494 e. The maximum atomic E-state index is 15.6. The Bertz CT molecular complexity index is 1550. The molecule has 0 aliphatic heterocycles. The Kier molecular flexibility index (Phi) is 14.9. The zero-order valence-corrected chi connectivity index (χ0v) is 27.3. The molecule has 18 heteroatoms. The van der Waals surface area contributed by atoms with E-state index in [-0.39, 0.29) is 24.2 Å². The van der Waals surface area contributed by atoms with Gasteiger partial charge < -0.3 is 35.3 Å². The second-order valence-corrected chi connectivity index (χ2v) is 11.1. The fraction of sp³-hybridized carbons (Fsp3) is 0.438. The first-order valence-corrected chi connectivity index (χ1v) is 15.2. The second kappa shape index (κ2) is 18.1. The number of alkyl halides is 6. The van der Waals surface area contributed by atoms with Crippen molar-refractivity contribution in [3.63, 3.8) is 0 Å². The van der Waals surface area contributed by atoms with Gasteiger partial charge in [0, 0.05) is 34.5 Å². The quantitative estimate of drug-likeness (QED) is 0.0799. The molecule has 1 aliphatic rings. The van der Waals surface area contributed by atoms with Crippen LogP contribution in [0, 0.1) is 11.2 Å². The fourth-order valence-electron chi connectivity index (χ4n) is 4.69. The van der Waals surface area contributed by atoms with Crippen molar-refractivity contribution < 1.29 is 60.0 Å². The normalized spacial score (nSPS) is 13.3. The van der Waals surface area contributed by atoms with Crippen molar-refractivity contribution in [2.24, 2.45) is 5.73 Å². The average Bonchev–Trinajstić information content (AvgIpc) is 3.52. The Morgan fingerprint density at radius 3 is 2.02 bits per heavy atom. The molecule has 1 saturated carbocycles. The molecule has 0 amide bonds. The SMILES string of the molecule is CCOc1cc(CN(c2ccc(C(=N)N)cc2)c2ncc(C3CCCCC3)[nH]2)c(F)c(OC(C)C)c1.O=C(O)C(F)(F)F.O=C(O)C(F)(F)F. The fourth-order valence-corrected chi connectivity index (χ4v) is 4.69. The van der Waals surface area contributed by atoms with Crippen LogP contribution >= 0.6 is 0 Å². The van der Waals surface area contributed by atoms with Gasteiger partial charge in [0.05, 0.1) is 25.5 Å². The highest BCUT2D eigenvalue weighted by Gasteiger charge is 2.39. The molecule has 2 aromatic carbocycles. The van der Waals surface area contributed by atoms with E-state index in [1.807, 2.05) is 44.0 Å². The van der Waals surface area contributed by atoms with Crippen LogP contribution < -0.4 is 20.1 Å². The first-order chi connectivity index (χ1) is 23.2. The number of carboxylic acid groups (broad SMARTS) is 2. The number of aromatic nitrogens is 2. The van der Waals surface area contributed by atoms with Crippen molar-refractivity contribution in [3.05, 3.63) is 65.2 Å². The zero-order chi connectivity index (χ0) is 37.8. The number of imidazole rings is 1. The number of aromatic amines is 1. The molecule has 1 heterocycles. The first-order valence-electron chi connectivity index (χ1n) is 15.2. The van der Waals surface area contributed by atoms with Crippen LogP contribution in [-0.2, 0) is 16.1 Å². The smallest absolute Gasteiger partial charge is 0.490 e. The molecule has 1 aromatic heterocycles. The number of rotatable bonds is 10. The molecule has 0 unspecified atom stereocenters. The van der Waals surface area contributed by atoms with Crippen LogP contribution in [0.3, 0.4) is 0 Å². The van der Waals surface area contributed by atoms with Crippen LogP contribution in [0.1, 0.15) is 75.6 Å². The third kappa shape index (κ3) is 12.8. The van der Waals surface area contributed by atoms with Crippen LogP contribution in [0.25, 0.3) is 0 Å². The third-order valence-corrected chi connectivity index (χ3v) is 6.95. The number of nitrogens with zero attached hydrogens (tertiary/aromatic N) is 2. The Hall–Kier alpha value is -5.03. The van der Waals surface area contributed by atoms with E-state index in [0.717, 1.165) is 24.2 Å². The van der Waals surface area contributed by atoms with Crippen molar-refractivity contribution in [2.45, 2.75) is 83.8 Å². The standard InChI is InChI=1S/C28H36FN5O2.2C2HF3O2/c1-4-35-23-14-21(26(29)25(15-23)36-18(2)3)17-34(22-12-10-20(11-13-22)27(30)31)28-32-16-24(33-28)19-8-6-5-7-9-19;2*3-2(4,5)1(6)7/h10-16,18-19H,4-9,17H2,1-3H3,(H3,30,31)(H,32,33);2*(H,6,7). The molecule has 6 N–H and O–H groups in total. The molecular weight excluding hydrogens is 683 g/mol. The van der Waals surface area contributed by atoms with Crippen LogP contribution in [0.5, 0.6) is 11.5 Å². The summed E-state index contributed by atoms with van der Waals surface area (Å²) < 4.78 is 90.6. The molecule has 0 atom stereocenters. The zero-order valence-electron chi connectivity index (χ0n) is 27.3. The topological polar surface area (TPSA) is 175 Å². The van der Waals surface area contributed by atoms with E-state index in [1.165, 1.54) is 19.3 Å². The molecule has 4 rings (SSSR count). The Morgan fingerprint density at radius 1 is 1.02 bits per heavy atom. The maximum absolute atomic E-state index is 15.6. The van der Waals surface area contributed by atoms with E-state index >= 15 is 4.39 Å². The lowest BCUT2D eigenvalue weighted by molar-refractivity contribution is -0.193. The number of nitrogens with one attached hydrogen (secondary N) is 2.